The minimum atomic E-state index is -0.406. The monoisotopic (exact) mass is 299 g/mol. The molecule has 0 aromatic heterocycles. The van der Waals surface area contributed by atoms with Gasteiger partial charge >= 0.3 is 5.97 Å². The van der Waals surface area contributed by atoms with E-state index in [9.17, 15) is 9.59 Å². The van der Waals surface area contributed by atoms with Gasteiger partial charge in [0.1, 0.15) is 5.75 Å². The molecule has 0 heterocycles. The number of amides is 1. The number of halogens is 1. The number of hydrogen-bond acceptors (Lipinski definition) is 4. The highest BCUT2D eigenvalue weighted by atomic mass is 35.5. The quantitative estimate of drug-likeness (QED) is 0.818. The van der Waals surface area contributed by atoms with Crippen LogP contribution in [0.15, 0.2) is 12.1 Å². The van der Waals surface area contributed by atoms with E-state index in [1.807, 2.05) is 6.92 Å². The summed E-state index contributed by atoms with van der Waals surface area (Å²) in [5.74, 6) is 0.0640. The summed E-state index contributed by atoms with van der Waals surface area (Å²) >= 11 is 5.99. The molecule has 0 saturated carbocycles. The van der Waals surface area contributed by atoms with Crippen molar-refractivity contribution >= 4 is 23.5 Å². The van der Waals surface area contributed by atoms with Crippen molar-refractivity contribution in [3.63, 3.8) is 0 Å². The molecule has 5 nitrogen and oxygen atoms in total. The molecule has 0 saturated heterocycles. The van der Waals surface area contributed by atoms with Gasteiger partial charge in [0.05, 0.1) is 20.6 Å². The molecule has 0 aliphatic heterocycles. The highest BCUT2D eigenvalue weighted by Gasteiger charge is 2.11. The van der Waals surface area contributed by atoms with Gasteiger partial charge in [-0.05, 0) is 24.6 Å². The molecule has 0 atom stereocenters. The number of methoxy groups -OCH3 is 2. The van der Waals surface area contributed by atoms with Crippen LogP contribution in [0.25, 0.3) is 0 Å². The van der Waals surface area contributed by atoms with E-state index in [-0.39, 0.29) is 18.7 Å². The fraction of sp³-hybridized carbons (Fsp3) is 0.429. The van der Waals surface area contributed by atoms with Gasteiger partial charge in [-0.25, -0.2) is 0 Å². The van der Waals surface area contributed by atoms with Crippen LogP contribution < -0.4 is 10.1 Å². The number of esters is 1. The molecule has 0 fully saturated rings. The average Bonchev–Trinajstić information content (AvgIpc) is 2.41. The number of benzene rings is 1. The van der Waals surface area contributed by atoms with E-state index in [0.29, 0.717) is 17.3 Å². The molecule has 1 aromatic carbocycles. The first kappa shape index (κ1) is 16.3. The molecule has 6 heteroatoms. The van der Waals surface area contributed by atoms with Gasteiger partial charge in [-0.3, -0.25) is 9.59 Å². The van der Waals surface area contributed by atoms with Crippen molar-refractivity contribution in [3.05, 3.63) is 28.3 Å². The summed E-state index contributed by atoms with van der Waals surface area (Å²) in [6, 6.07) is 3.54. The zero-order chi connectivity index (χ0) is 15.1. The summed E-state index contributed by atoms with van der Waals surface area (Å²) in [6.07, 6.45) is 0.155. The van der Waals surface area contributed by atoms with Crippen LogP contribution >= 0.6 is 11.6 Å². The molecule has 110 valence electrons. The van der Waals surface area contributed by atoms with Crippen LogP contribution in [-0.2, 0) is 20.9 Å². The predicted octanol–water partition coefficient (Wildman–Crippen LogP) is 2.23. The molecule has 1 amide bonds. The summed E-state index contributed by atoms with van der Waals surface area (Å²) in [6.45, 7) is 2.18. The third kappa shape index (κ3) is 4.74. The Morgan fingerprint density at radius 2 is 1.95 bits per heavy atom. The molecule has 1 N–H and O–H groups in total. The largest absolute Gasteiger partial charge is 0.496 e. The predicted molar refractivity (Wildman–Crippen MR) is 75.8 cm³/mol. The van der Waals surface area contributed by atoms with Crippen molar-refractivity contribution in [2.75, 3.05) is 14.2 Å². The average molecular weight is 300 g/mol. The van der Waals surface area contributed by atoms with Crippen LogP contribution in [0.1, 0.15) is 24.0 Å². The van der Waals surface area contributed by atoms with Crippen LogP contribution in [-0.4, -0.2) is 26.1 Å². The van der Waals surface area contributed by atoms with Crippen molar-refractivity contribution in [2.24, 2.45) is 0 Å². The van der Waals surface area contributed by atoms with Crippen molar-refractivity contribution in [2.45, 2.75) is 26.3 Å². The number of hydrogen-bond donors (Lipinski definition) is 1. The van der Waals surface area contributed by atoms with Gasteiger partial charge in [0.2, 0.25) is 5.91 Å². The Morgan fingerprint density at radius 3 is 2.55 bits per heavy atom. The lowest BCUT2D eigenvalue weighted by molar-refractivity contribution is -0.142. The van der Waals surface area contributed by atoms with Gasteiger partial charge < -0.3 is 14.8 Å². The molecular weight excluding hydrogens is 282 g/mol. The molecule has 0 spiro atoms. The number of nitrogens with one attached hydrogen (secondary N) is 1. The second-order valence-electron chi connectivity index (χ2n) is 4.27. The molecule has 0 bridgehead atoms. The van der Waals surface area contributed by atoms with Crippen molar-refractivity contribution in [1.29, 1.82) is 0 Å². The smallest absolute Gasteiger partial charge is 0.306 e. The van der Waals surface area contributed by atoms with Crippen LogP contribution in [0, 0.1) is 6.92 Å². The fourth-order valence-corrected chi connectivity index (χ4v) is 2.12. The van der Waals surface area contributed by atoms with Crippen LogP contribution in [0.5, 0.6) is 5.75 Å². The molecular formula is C14H18ClNO4. The Labute approximate surface area is 123 Å². The van der Waals surface area contributed by atoms with Gasteiger partial charge in [-0.1, -0.05) is 11.6 Å². The summed E-state index contributed by atoms with van der Waals surface area (Å²) in [5, 5.41) is 3.31. The lowest BCUT2D eigenvalue weighted by Crippen LogP contribution is -2.23. The minimum Gasteiger partial charge on any atom is -0.496 e. The lowest BCUT2D eigenvalue weighted by Gasteiger charge is -2.13. The summed E-state index contributed by atoms with van der Waals surface area (Å²) < 4.78 is 9.77. The topological polar surface area (TPSA) is 64.6 Å². The van der Waals surface area contributed by atoms with Crippen LogP contribution in [0.3, 0.4) is 0 Å². The third-order valence-corrected chi connectivity index (χ3v) is 3.00. The number of carbonyl (C=O) groups excluding carboxylic acids is 2. The molecule has 0 radical (unpaired) electrons. The normalized spacial score (nSPS) is 10.0. The first-order valence-electron chi connectivity index (χ1n) is 6.14. The van der Waals surface area contributed by atoms with Gasteiger partial charge in [0.25, 0.3) is 0 Å². The fourth-order valence-electron chi connectivity index (χ4n) is 1.82. The Balaban J connectivity index is 2.61. The molecule has 0 aliphatic rings. The summed E-state index contributed by atoms with van der Waals surface area (Å²) in [5.41, 5.74) is 1.70. The maximum Gasteiger partial charge on any atom is 0.306 e. The van der Waals surface area contributed by atoms with Crippen molar-refractivity contribution in [1.82, 2.24) is 5.32 Å². The van der Waals surface area contributed by atoms with Crippen molar-refractivity contribution in [3.8, 4) is 5.75 Å². The van der Waals surface area contributed by atoms with E-state index in [2.05, 4.69) is 10.1 Å². The molecule has 0 aliphatic carbocycles. The lowest BCUT2D eigenvalue weighted by atomic mass is 10.1. The van der Waals surface area contributed by atoms with E-state index in [1.165, 1.54) is 7.11 Å². The number of ether oxygens (including phenoxy) is 2. The van der Waals surface area contributed by atoms with Crippen LogP contribution in [0.2, 0.25) is 5.02 Å². The molecule has 20 heavy (non-hydrogen) atoms. The van der Waals surface area contributed by atoms with E-state index < -0.39 is 5.97 Å². The zero-order valence-corrected chi connectivity index (χ0v) is 12.5. The molecule has 1 aromatic rings. The van der Waals surface area contributed by atoms with Gasteiger partial charge in [-0.2, -0.15) is 0 Å². The third-order valence-electron chi connectivity index (χ3n) is 2.78. The highest BCUT2D eigenvalue weighted by molar-refractivity contribution is 6.30. The summed E-state index contributed by atoms with van der Waals surface area (Å²) in [4.78, 5) is 22.6. The van der Waals surface area contributed by atoms with Crippen molar-refractivity contribution < 1.29 is 19.1 Å². The van der Waals surface area contributed by atoms with Gasteiger partial charge in [-0.15, -0.1) is 0 Å². The maximum atomic E-state index is 11.6. The van der Waals surface area contributed by atoms with Gasteiger partial charge in [0.15, 0.2) is 0 Å². The Bertz CT molecular complexity index is 502. The van der Waals surface area contributed by atoms with Crippen LogP contribution in [0.4, 0.5) is 0 Å². The van der Waals surface area contributed by atoms with E-state index in [4.69, 9.17) is 16.3 Å². The maximum absolute atomic E-state index is 11.6. The number of carbonyl (C=O) groups is 2. The second kappa shape index (κ2) is 7.75. The van der Waals surface area contributed by atoms with Gasteiger partial charge in [0, 0.05) is 23.6 Å². The number of rotatable bonds is 6. The second-order valence-corrected chi connectivity index (χ2v) is 4.70. The Morgan fingerprint density at radius 1 is 1.25 bits per heavy atom. The summed E-state index contributed by atoms with van der Waals surface area (Å²) in [7, 11) is 2.86. The molecule has 0 unspecified atom stereocenters. The Kier molecular flexibility index (Phi) is 6.31. The van der Waals surface area contributed by atoms with E-state index in [1.54, 1.807) is 19.2 Å². The highest BCUT2D eigenvalue weighted by Crippen LogP contribution is 2.27. The first-order chi connectivity index (χ1) is 9.47. The minimum absolute atomic E-state index is 0.0635. The Hall–Kier alpha value is -1.75. The standard InChI is InChI=1S/C14H18ClNO4/c1-9-6-11(15)7-10(14(9)20-3)8-16-12(17)4-5-13(18)19-2/h6-7H,4-5,8H2,1-3H3,(H,16,17). The SMILES string of the molecule is COC(=O)CCC(=O)NCc1cc(Cl)cc(C)c1OC. The number of aryl methyl sites for hydroxylation is 1. The van der Waals surface area contributed by atoms with E-state index >= 15 is 0 Å². The zero-order valence-electron chi connectivity index (χ0n) is 11.8. The van der Waals surface area contributed by atoms with E-state index in [0.717, 1.165) is 11.1 Å². The first-order valence-corrected chi connectivity index (χ1v) is 6.52. The molecule has 1 rings (SSSR count).